The molecule has 0 aromatic heterocycles. The Kier molecular flexibility index (Phi) is 17.1. The zero-order valence-corrected chi connectivity index (χ0v) is 28.7. The zero-order valence-electron chi connectivity index (χ0n) is 27.8. The molecule has 0 fully saturated rings. The third-order valence-electron chi connectivity index (χ3n) is 8.10. The number of nitrogens with two attached hydrogens (primary N) is 1. The van der Waals surface area contributed by atoms with Gasteiger partial charge in [0.15, 0.2) is 0 Å². The number of amides is 3. The largest absolute Gasteiger partial charge is 0.508 e. The lowest BCUT2D eigenvalue weighted by atomic mass is 10.0. The Labute approximate surface area is 284 Å². The Morgan fingerprint density at radius 1 is 0.812 bits per heavy atom. The van der Waals surface area contributed by atoms with E-state index in [2.05, 4.69) is 17.6 Å². The van der Waals surface area contributed by atoms with Crippen LogP contribution in [0.25, 0.3) is 0 Å². The van der Waals surface area contributed by atoms with Crippen molar-refractivity contribution >= 4 is 34.5 Å². The van der Waals surface area contributed by atoms with Crippen molar-refractivity contribution in [2.45, 2.75) is 95.0 Å². The summed E-state index contributed by atoms with van der Waals surface area (Å²) >= 11 is 0. The van der Waals surface area contributed by atoms with Crippen LogP contribution in [0.3, 0.4) is 0 Å². The smallest absolute Gasteiger partial charge is 0.326 e. The number of hydrogen-bond acceptors (Lipinski definition) is 9. The quantitative estimate of drug-likeness (QED) is 0.0938. The molecule has 2 aromatic rings. The minimum absolute atomic E-state index is 0.00634. The summed E-state index contributed by atoms with van der Waals surface area (Å²) in [5.41, 5.74) is 7.21. The summed E-state index contributed by atoms with van der Waals surface area (Å²) in [6.45, 7) is 2.10. The van der Waals surface area contributed by atoms with Gasteiger partial charge in [-0.05, 0) is 48.2 Å². The number of phenols is 2. The summed E-state index contributed by atoms with van der Waals surface area (Å²) in [5.74, 6) is -3.70. The first-order valence-corrected chi connectivity index (χ1v) is 17.9. The Balaban J connectivity index is 2.29. The van der Waals surface area contributed by atoms with Gasteiger partial charge in [-0.3, -0.25) is 18.6 Å². The van der Waals surface area contributed by atoms with E-state index in [4.69, 9.17) is 5.73 Å². The number of carboxylic acids is 1. The van der Waals surface area contributed by atoms with E-state index in [1.54, 1.807) is 12.1 Å². The lowest BCUT2D eigenvalue weighted by molar-refractivity contribution is -0.147. The number of aliphatic carboxylic acids is 1. The summed E-state index contributed by atoms with van der Waals surface area (Å²) in [6.07, 6.45) is 4.81. The van der Waals surface area contributed by atoms with Gasteiger partial charge in [0, 0.05) is 48.7 Å². The average Bonchev–Trinajstić information content (AvgIpc) is 3.04. The molecule has 266 valence electrons. The highest BCUT2D eigenvalue weighted by Gasteiger charge is 2.35. The number of rotatable bonds is 21. The Hall–Kier alpha value is -4.01. The van der Waals surface area contributed by atoms with Gasteiger partial charge in [0.2, 0.25) is 11.8 Å². The molecule has 0 saturated carbocycles. The highest BCUT2D eigenvalue weighted by molar-refractivity contribution is 7.84. The maximum atomic E-state index is 13.8. The molecule has 0 radical (unpaired) electrons. The molecular formula is C34H50N4O9S. The number of aromatic hydroxyl groups is 2. The fourth-order valence-electron chi connectivity index (χ4n) is 5.15. The van der Waals surface area contributed by atoms with Crippen molar-refractivity contribution in [3.05, 3.63) is 59.7 Å². The predicted molar refractivity (Wildman–Crippen MR) is 183 cm³/mol. The molecule has 0 unspecified atom stereocenters. The number of nitrogens with zero attached hydrogens (tertiary/aromatic N) is 1. The molecule has 6 atom stereocenters. The number of aliphatic hydroxyl groups excluding tert-OH is 1. The number of carbonyl (C=O) groups is 4. The van der Waals surface area contributed by atoms with Gasteiger partial charge in [0.05, 0.1) is 0 Å². The number of hydrogen-bond donors (Lipinski definition) is 7. The van der Waals surface area contributed by atoms with E-state index in [1.807, 2.05) is 0 Å². The van der Waals surface area contributed by atoms with Gasteiger partial charge >= 0.3 is 5.97 Å². The van der Waals surface area contributed by atoms with Crippen molar-refractivity contribution in [3.8, 4) is 11.5 Å². The topological polar surface area (TPSA) is 220 Å². The SMILES string of the molecule is CCCCCCC[C@H](N)[C@H](O)C(=O)N(C)[C@@H](CC[S@@](C)=O)C(=O)N[C@@H](Cc1ccc(O)cc1)C(=O)N[C@@H](Cc1ccc(O)cc1)C(=O)O. The molecule has 8 N–H and O–H groups in total. The van der Waals surface area contributed by atoms with E-state index >= 15 is 0 Å². The van der Waals surface area contributed by atoms with Crippen LogP contribution in [0.5, 0.6) is 11.5 Å². The standard InChI is InChI=1S/C34H50N4O9S/c1-4-5-6-7-8-9-26(35)30(41)33(44)38(2)29(18-19-48(3)47)32(43)36-27(20-22-10-14-24(39)15-11-22)31(42)37-28(34(45)46)21-23-12-16-25(40)17-13-23/h10-17,26-30,39-41H,4-9,18-21,35H2,1-3H3,(H,36,43)(H,37,42)(H,45,46)/t26-,27-,28-,29-,30-,48+/m0/s1. The molecular weight excluding hydrogens is 640 g/mol. The summed E-state index contributed by atoms with van der Waals surface area (Å²) in [4.78, 5) is 53.9. The van der Waals surface area contributed by atoms with Crippen molar-refractivity contribution < 1.29 is 43.8 Å². The first kappa shape index (κ1) is 40.2. The molecule has 14 heteroatoms. The average molecular weight is 691 g/mol. The Morgan fingerprint density at radius 2 is 1.31 bits per heavy atom. The van der Waals surface area contributed by atoms with E-state index in [-0.39, 0.29) is 36.5 Å². The second-order valence-electron chi connectivity index (χ2n) is 12.0. The van der Waals surface area contributed by atoms with Crippen LogP contribution in [0.4, 0.5) is 0 Å². The van der Waals surface area contributed by atoms with Crippen LogP contribution in [0, 0.1) is 0 Å². The van der Waals surface area contributed by atoms with E-state index in [9.17, 15) is 43.8 Å². The molecule has 0 bridgehead atoms. The highest BCUT2D eigenvalue weighted by atomic mass is 32.2. The maximum Gasteiger partial charge on any atom is 0.326 e. The van der Waals surface area contributed by atoms with Gasteiger partial charge in [-0.1, -0.05) is 63.3 Å². The summed E-state index contributed by atoms with van der Waals surface area (Å²) in [6, 6.07) is 6.90. The number of benzene rings is 2. The van der Waals surface area contributed by atoms with E-state index in [0.717, 1.165) is 37.0 Å². The molecule has 2 rings (SSSR count). The molecule has 48 heavy (non-hydrogen) atoms. The van der Waals surface area contributed by atoms with Crippen molar-refractivity contribution in [2.75, 3.05) is 19.1 Å². The van der Waals surface area contributed by atoms with Crippen LogP contribution in [0.2, 0.25) is 0 Å². The third-order valence-corrected chi connectivity index (χ3v) is 8.91. The van der Waals surface area contributed by atoms with Crippen molar-refractivity contribution in [2.24, 2.45) is 5.73 Å². The summed E-state index contributed by atoms with van der Waals surface area (Å²) in [7, 11) is -0.00884. The summed E-state index contributed by atoms with van der Waals surface area (Å²) < 4.78 is 12.0. The van der Waals surface area contributed by atoms with Crippen LogP contribution in [0.15, 0.2) is 48.5 Å². The van der Waals surface area contributed by atoms with Crippen molar-refractivity contribution in [1.82, 2.24) is 15.5 Å². The molecule has 2 aromatic carbocycles. The van der Waals surface area contributed by atoms with Gasteiger partial charge < -0.3 is 41.7 Å². The fourth-order valence-corrected chi connectivity index (χ4v) is 5.71. The van der Waals surface area contributed by atoms with Crippen molar-refractivity contribution in [1.29, 1.82) is 0 Å². The van der Waals surface area contributed by atoms with Gasteiger partial charge in [-0.2, -0.15) is 0 Å². The Bertz CT molecular complexity index is 1360. The van der Waals surface area contributed by atoms with Crippen LogP contribution >= 0.6 is 0 Å². The van der Waals surface area contributed by atoms with Gasteiger partial charge in [0.25, 0.3) is 5.91 Å². The predicted octanol–water partition coefficient (Wildman–Crippen LogP) is 1.58. The minimum Gasteiger partial charge on any atom is -0.508 e. The van der Waals surface area contributed by atoms with Crippen molar-refractivity contribution in [3.63, 3.8) is 0 Å². The molecule has 0 aliphatic carbocycles. The van der Waals surface area contributed by atoms with Crippen LogP contribution in [0.1, 0.15) is 63.0 Å². The molecule has 0 aliphatic rings. The number of carbonyl (C=O) groups excluding carboxylic acids is 3. The zero-order chi connectivity index (χ0) is 35.8. The molecule has 0 heterocycles. The second-order valence-corrected chi connectivity index (χ2v) is 13.6. The van der Waals surface area contributed by atoms with Gasteiger partial charge in [0.1, 0.15) is 35.7 Å². The van der Waals surface area contributed by atoms with E-state index in [0.29, 0.717) is 17.5 Å². The fraction of sp³-hybridized carbons (Fsp3) is 0.529. The van der Waals surface area contributed by atoms with E-state index < -0.39 is 64.8 Å². The number of phenolic OH excluding ortho intramolecular Hbond substituents is 2. The van der Waals surface area contributed by atoms with Crippen LogP contribution in [-0.4, -0.2) is 103 Å². The first-order valence-electron chi connectivity index (χ1n) is 16.1. The number of aliphatic hydroxyl groups is 1. The molecule has 3 amide bonds. The number of likely N-dealkylation sites (N-methyl/N-ethyl adjacent to an activating group) is 1. The number of unbranched alkanes of at least 4 members (excludes halogenated alkanes) is 4. The number of nitrogens with one attached hydrogen (secondary N) is 2. The number of carboxylic acid groups (broad SMARTS) is 1. The Morgan fingerprint density at radius 3 is 1.81 bits per heavy atom. The minimum atomic E-state index is -1.59. The lowest BCUT2D eigenvalue weighted by Gasteiger charge is -2.32. The molecule has 0 spiro atoms. The van der Waals surface area contributed by atoms with Gasteiger partial charge in [-0.15, -0.1) is 0 Å². The highest BCUT2D eigenvalue weighted by Crippen LogP contribution is 2.16. The molecule has 0 saturated heterocycles. The van der Waals surface area contributed by atoms with Crippen LogP contribution in [-0.2, 0) is 42.8 Å². The molecule has 13 nitrogen and oxygen atoms in total. The normalized spacial score (nSPS) is 14.9. The van der Waals surface area contributed by atoms with E-state index in [1.165, 1.54) is 49.7 Å². The van der Waals surface area contributed by atoms with Crippen LogP contribution < -0.4 is 16.4 Å². The third kappa shape index (κ3) is 13.6. The molecule has 0 aliphatic heterocycles. The van der Waals surface area contributed by atoms with Gasteiger partial charge in [-0.25, -0.2) is 4.79 Å². The first-order chi connectivity index (χ1) is 22.7. The monoisotopic (exact) mass is 690 g/mol. The summed E-state index contributed by atoms with van der Waals surface area (Å²) in [5, 5.41) is 45.0. The maximum absolute atomic E-state index is 13.8. The second kappa shape index (κ2) is 20.4. The lowest BCUT2D eigenvalue weighted by Crippen LogP contribution is -2.58.